The SMILES string of the molecule is O=C(O)c1ccccc1C1c2ccc([O-])c(Br)c2Oc2c1ccc([O-])c2Br.[Na+].[Na+]. The molecule has 0 fully saturated rings. The van der Waals surface area contributed by atoms with Gasteiger partial charge >= 0.3 is 65.1 Å². The van der Waals surface area contributed by atoms with Gasteiger partial charge in [0.05, 0.1) is 14.5 Å². The van der Waals surface area contributed by atoms with Crippen LogP contribution in [0.3, 0.4) is 0 Å². The van der Waals surface area contributed by atoms with Crippen LogP contribution in [0, 0.1) is 0 Å². The van der Waals surface area contributed by atoms with Crippen molar-refractivity contribution in [1.82, 2.24) is 0 Å². The molecule has 0 aliphatic carbocycles. The third kappa shape index (κ3) is 4.29. The van der Waals surface area contributed by atoms with Gasteiger partial charge in [0.25, 0.3) is 0 Å². The van der Waals surface area contributed by atoms with Crippen molar-refractivity contribution in [1.29, 1.82) is 0 Å². The minimum atomic E-state index is -1.06. The van der Waals surface area contributed by atoms with E-state index in [1.54, 1.807) is 30.3 Å². The van der Waals surface area contributed by atoms with Gasteiger partial charge in [-0.25, -0.2) is 4.79 Å². The third-order valence-corrected chi connectivity index (χ3v) is 6.01. The zero-order valence-corrected chi connectivity index (χ0v) is 22.7. The zero-order chi connectivity index (χ0) is 19.3. The van der Waals surface area contributed by atoms with Gasteiger partial charge in [-0.1, -0.05) is 54.0 Å². The van der Waals surface area contributed by atoms with E-state index in [9.17, 15) is 20.1 Å². The van der Waals surface area contributed by atoms with E-state index in [1.807, 2.05) is 0 Å². The third-order valence-electron chi connectivity index (χ3n) is 4.51. The normalized spacial score (nSPS) is 11.9. The quantitative estimate of drug-likeness (QED) is 0.311. The number of hydrogen-bond donors (Lipinski definition) is 1. The van der Waals surface area contributed by atoms with Gasteiger partial charge in [-0.05, 0) is 43.5 Å². The van der Waals surface area contributed by atoms with Crippen molar-refractivity contribution in [3.63, 3.8) is 0 Å². The van der Waals surface area contributed by atoms with Crippen molar-refractivity contribution >= 4 is 37.8 Å². The zero-order valence-electron chi connectivity index (χ0n) is 15.5. The van der Waals surface area contributed by atoms with Crippen LogP contribution in [-0.4, -0.2) is 11.1 Å². The number of carbonyl (C=O) groups is 1. The van der Waals surface area contributed by atoms with E-state index < -0.39 is 11.9 Å². The first kappa shape index (κ1) is 24.8. The molecule has 29 heavy (non-hydrogen) atoms. The number of carboxylic acids is 1. The molecule has 0 atom stereocenters. The number of rotatable bonds is 2. The van der Waals surface area contributed by atoms with Crippen molar-refractivity contribution in [3.8, 4) is 23.0 Å². The number of benzene rings is 3. The molecule has 3 aromatic rings. The van der Waals surface area contributed by atoms with Gasteiger partial charge in [0.15, 0.2) is 0 Å². The van der Waals surface area contributed by atoms with Gasteiger partial charge < -0.3 is 20.1 Å². The molecule has 0 aromatic heterocycles. The number of carboxylic acid groups (broad SMARTS) is 1. The summed E-state index contributed by atoms with van der Waals surface area (Å²) in [6, 6.07) is 12.7. The number of halogens is 2. The molecular weight excluding hydrogens is 526 g/mol. The van der Waals surface area contributed by atoms with Crippen molar-refractivity contribution in [2.45, 2.75) is 5.92 Å². The fourth-order valence-corrected chi connectivity index (χ4v) is 4.20. The predicted octanol–water partition coefficient (Wildman–Crippen LogP) is -1.65. The van der Waals surface area contributed by atoms with Crippen LogP contribution in [0.15, 0.2) is 57.5 Å². The Morgan fingerprint density at radius 2 is 1.31 bits per heavy atom. The molecule has 0 saturated heterocycles. The van der Waals surface area contributed by atoms with E-state index in [1.165, 1.54) is 18.2 Å². The number of fused-ring (bicyclic) bond motifs is 2. The molecule has 136 valence electrons. The topological polar surface area (TPSA) is 92.7 Å². The number of ether oxygens (including phenoxy) is 1. The molecule has 1 aliphatic rings. The molecule has 0 unspecified atom stereocenters. The second kappa shape index (κ2) is 9.75. The Morgan fingerprint density at radius 3 is 1.79 bits per heavy atom. The summed E-state index contributed by atoms with van der Waals surface area (Å²) in [5, 5.41) is 33.8. The maximum absolute atomic E-state index is 12.1. The van der Waals surface area contributed by atoms with Crippen LogP contribution in [0.4, 0.5) is 0 Å². The number of aromatic carboxylic acids is 1. The molecule has 1 N–H and O–H groups in total. The minimum Gasteiger partial charge on any atom is -0.872 e. The maximum Gasteiger partial charge on any atom is 1.00 e. The first-order chi connectivity index (χ1) is 12.9. The van der Waals surface area contributed by atoms with Crippen molar-refractivity contribution < 1.29 is 84.0 Å². The van der Waals surface area contributed by atoms with Gasteiger partial charge in [0.1, 0.15) is 11.5 Å². The Hall–Kier alpha value is -0.510. The Bertz CT molecular complexity index is 1050. The summed E-state index contributed by atoms with van der Waals surface area (Å²) >= 11 is 6.52. The second-order valence-electron chi connectivity index (χ2n) is 6.02. The van der Waals surface area contributed by atoms with Crippen molar-refractivity contribution in [2.75, 3.05) is 0 Å². The Kier molecular flexibility index (Phi) is 8.32. The van der Waals surface area contributed by atoms with Crippen LogP contribution in [0.5, 0.6) is 23.0 Å². The maximum atomic E-state index is 12.1. The van der Waals surface area contributed by atoms with Crippen molar-refractivity contribution in [2.24, 2.45) is 0 Å². The summed E-state index contributed by atoms with van der Waals surface area (Å²) < 4.78 is 6.37. The summed E-state index contributed by atoms with van der Waals surface area (Å²) in [7, 11) is 0. The van der Waals surface area contributed by atoms with Crippen LogP contribution in [0.2, 0.25) is 0 Å². The van der Waals surface area contributed by atoms with E-state index in [-0.39, 0.29) is 96.6 Å². The van der Waals surface area contributed by atoms with E-state index in [0.29, 0.717) is 16.7 Å². The molecule has 0 saturated carbocycles. The largest absolute Gasteiger partial charge is 1.00 e. The van der Waals surface area contributed by atoms with Crippen LogP contribution in [0.25, 0.3) is 0 Å². The smallest absolute Gasteiger partial charge is 0.872 e. The monoisotopic (exact) mass is 534 g/mol. The molecule has 5 nitrogen and oxygen atoms in total. The summed E-state index contributed by atoms with van der Waals surface area (Å²) in [5.41, 5.74) is 1.99. The fourth-order valence-electron chi connectivity index (χ4n) is 3.32. The molecular formula is C20H10Br2Na2O5. The first-order valence-electron chi connectivity index (χ1n) is 7.89. The molecule has 1 heterocycles. The molecule has 0 bridgehead atoms. The van der Waals surface area contributed by atoms with E-state index in [2.05, 4.69) is 31.9 Å². The molecule has 9 heteroatoms. The average molecular weight is 536 g/mol. The summed E-state index contributed by atoms with van der Waals surface area (Å²) in [5.74, 6) is -1.53. The van der Waals surface area contributed by atoms with Gasteiger partial charge in [0.2, 0.25) is 0 Å². The minimum absolute atomic E-state index is 0. The molecule has 0 amide bonds. The Morgan fingerprint density at radius 1 is 0.828 bits per heavy atom. The predicted molar refractivity (Wildman–Crippen MR) is 102 cm³/mol. The molecule has 0 spiro atoms. The first-order valence-corrected chi connectivity index (χ1v) is 9.47. The summed E-state index contributed by atoms with van der Waals surface area (Å²) in [6.07, 6.45) is 0. The van der Waals surface area contributed by atoms with Gasteiger partial charge in [-0.15, -0.1) is 0 Å². The summed E-state index contributed by atoms with van der Waals surface area (Å²) in [4.78, 5) is 11.8. The van der Waals surface area contributed by atoms with Gasteiger partial charge in [0, 0.05) is 17.0 Å². The molecule has 3 aromatic carbocycles. The fraction of sp³-hybridized carbons (Fsp3) is 0.0500. The van der Waals surface area contributed by atoms with Crippen LogP contribution in [0.1, 0.15) is 33.0 Å². The molecule has 0 radical (unpaired) electrons. The second-order valence-corrected chi connectivity index (χ2v) is 7.61. The van der Waals surface area contributed by atoms with Crippen LogP contribution in [-0.2, 0) is 0 Å². The average Bonchev–Trinajstić information content (AvgIpc) is 2.66. The number of hydrogen-bond acceptors (Lipinski definition) is 4. The van der Waals surface area contributed by atoms with E-state index in [0.717, 1.165) is 0 Å². The molecule has 4 rings (SSSR count). The van der Waals surface area contributed by atoms with Gasteiger partial charge in [-0.3, -0.25) is 0 Å². The van der Waals surface area contributed by atoms with E-state index >= 15 is 0 Å². The summed E-state index contributed by atoms with van der Waals surface area (Å²) in [6.45, 7) is 0. The Balaban J connectivity index is 0.00000150. The van der Waals surface area contributed by atoms with E-state index in [4.69, 9.17) is 4.74 Å². The van der Waals surface area contributed by atoms with Crippen LogP contribution < -0.4 is 74.1 Å². The molecule has 1 aliphatic heterocycles. The standard InChI is InChI=1S/C20H12Br2O5.2Na/c21-16-13(23)7-5-11-15(9-3-1-2-4-10(9)20(25)26)12-6-8-14(24)17(22)19(12)27-18(11)16;;/h1-8,15,23-24H,(H,25,26);;/q;2*+1/p-2. The Labute approximate surface area is 227 Å². The van der Waals surface area contributed by atoms with Crippen molar-refractivity contribution in [3.05, 3.63) is 79.7 Å². The van der Waals surface area contributed by atoms with Crippen LogP contribution >= 0.6 is 31.9 Å². The van der Waals surface area contributed by atoms with Gasteiger partial charge in [-0.2, -0.15) is 0 Å².